The number of sulfonamides is 1. The summed E-state index contributed by atoms with van der Waals surface area (Å²) in [5.74, 6) is -1.07. The minimum Gasteiger partial charge on any atom is -0.487 e. The Hall–Kier alpha value is -2.91. The van der Waals surface area contributed by atoms with E-state index >= 15 is 0 Å². The van der Waals surface area contributed by atoms with Crippen molar-refractivity contribution in [3.63, 3.8) is 0 Å². The molecule has 8 nitrogen and oxygen atoms in total. The number of hydrogen-bond donors (Lipinski definition) is 1. The highest BCUT2D eigenvalue weighted by molar-refractivity contribution is 7.89. The van der Waals surface area contributed by atoms with Crippen LogP contribution in [0.15, 0.2) is 44.4 Å². The maximum Gasteiger partial charge on any atom is 0.335 e. The molecule has 0 unspecified atom stereocenters. The van der Waals surface area contributed by atoms with Gasteiger partial charge >= 0.3 is 5.97 Å². The van der Waals surface area contributed by atoms with E-state index in [1.165, 1.54) is 44.4 Å². The molecule has 28 heavy (non-hydrogen) atoms. The van der Waals surface area contributed by atoms with E-state index in [2.05, 4.69) is 0 Å². The van der Waals surface area contributed by atoms with E-state index in [4.69, 9.17) is 14.3 Å². The van der Waals surface area contributed by atoms with E-state index in [1.807, 2.05) is 0 Å². The van der Waals surface area contributed by atoms with Gasteiger partial charge < -0.3 is 14.3 Å². The minimum absolute atomic E-state index is 0.00591. The minimum atomic E-state index is -3.84. The average molecular weight is 405 g/mol. The molecule has 0 spiro atoms. The first-order valence-electron chi connectivity index (χ1n) is 8.39. The van der Waals surface area contributed by atoms with Crippen molar-refractivity contribution in [1.82, 2.24) is 4.31 Å². The lowest BCUT2D eigenvalue weighted by Gasteiger charge is -2.16. The van der Waals surface area contributed by atoms with Crippen LogP contribution < -0.4 is 10.2 Å². The molecule has 0 amide bonds. The van der Waals surface area contributed by atoms with Crippen molar-refractivity contribution in [1.29, 1.82) is 0 Å². The van der Waals surface area contributed by atoms with Gasteiger partial charge in [0.2, 0.25) is 15.5 Å². The monoisotopic (exact) mass is 405 g/mol. The Balaban J connectivity index is 2.45. The zero-order chi connectivity index (χ0) is 20.8. The van der Waals surface area contributed by atoms with Crippen molar-refractivity contribution in [2.24, 2.45) is 0 Å². The average Bonchev–Trinajstić information content (AvgIpc) is 2.61. The molecule has 1 heterocycles. The standard InChI is InChI=1S/C19H19NO7S/c1-10(2)26-16-9-12(28(24,25)20(3)4)8-14-17(21)13-7-11(19(22)23)5-6-15(13)27-18(14)16/h5-10H,1-4H3,(H,22,23). The van der Waals surface area contributed by atoms with Crippen LogP contribution in [0.25, 0.3) is 21.9 Å². The molecule has 1 N–H and O–H groups in total. The number of aromatic carboxylic acids is 1. The lowest BCUT2D eigenvalue weighted by molar-refractivity contribution is 0.0697. The SMILES string of the molecule is CC(C)Oc1cc(S(=O)(=O)N(C)C)cc2c(=O)c3cc(C(=O)O)ccc3oc12. The van der Waals surface area contributed by atoms with E-state index < -0.39 is 21.4 Å². The summed E-state index contributed by atoms with van der Waals surface area (Å²) in [6.45, 7) is 3.52. The van der Waals surface area contributed by atoms with Crippen LogP contribution in [0.5, 0.6) is 5.75 Å². The third-order valence-corrected chi connectivity index (χ3v) is 5.89. The number of hydrogen-bond acceptors (Lipinski definition) is 6. The predicted octanol–water partition coefficient (Wildman–Crippen LogP) is 2.68. The zero-order valence-corrected chi connectivity index (χ0v) is 16.5. The van der Waals surface area contributed by atoms with Crippen LogP contribution in [0.3, 0.4) is 0 Å². The van der Waals surface area contributed by atoms with Gasteiger partial charge in [0.1, 0.15) is 5.58 Å². The largest absolute Gasteiger partial charge is 0.487 e. The van der Waals surface area contributed by atoms with E-state index in [0.717, 1.165) is 4.31 Å². The number of ether oxygens (including phenoxy) is 1. The highest BCUT2D eigenvalue weighted by Crippen LogP contribution is 2.32. The first-order chi connectivity index (χ1) is 13.0. The number of rotatable bonds is 5. The summed E-state index contributed by atoms with van der Waals surface area (Å²) in [5.41, 5.74) is -0.329. The van der Waals surface area contributed by atoms with Gasteiger partial charge in [-0.2, -0.15) is 0 Å². The summed E-state index contributed by atoms with van der Waals surface area (Å²) in [6, 6.07) is 6.46. The van der Waals surface area contributed by atoms with Crippen molar-refractivity contribution in [3.05, 3.63) is 46.1 Å². The van der Waals surface area contributed by atoms with Gasteiger partial charge in [-0.25, -0.2) is 17.5 Å². The number of nitrogens with zero attached hydrogens (tertiary/aromatic N) is 1. The highest BCUT2D eigenvalue weighted by Gasteiger charge is 2.23. The second-order valence-electron chi connectivity index (χ2n) is 6.70. The predicted molar refractivity (Wildman–Crippen MR) is 104 cm³/mol. The summed E-state index contributed by atoms with van der Waals surface area (Å²) in [5, 5.41) is 9.20. The molecule has 148 valence electrons. The van der Waals surface area contributed by atoms with E-state index in [0.29, 0.717) is 0 Å². The van der Waals surface area contributed by atoms with Crippen molar-refractivity contribution in [3.8, 4) is 5.75 Å². The Morgan fingerprint density at radius 3 is 2.39 bits per heavy atom. The fraction of sp³-hybridized carbons (Fsp3) is 0.263. The Morgan fingerprint density at radius 1 is 1.14 bits per heavy atom. The third kappa shape index (κ3) is 3.34. The van der Waals surface area contributed by atoms with Gasteiger partial charge in [-0.15, -0.1) is 0 Å². The number of fused-ring (bicyclic) bond motifs is 2. The maximum absolute atomic E-state index is 13.0. The molecule has 0 atom stereocenters. The summed E-state index contributed by atoms with van der Waals surface area (Å²) in [6.07, 6.45) is -0.295. The van der Waals surface area contributed by atoms with Gasteiger partial charge in [0.25, 0.3) is 0 Å². The molecule has 0 radical (unpaired) electrons. The lowest BCUT2D eigenvalue weighted by Crippen LogP contribution is -2.22. The van der Waals surface area contributed by atoms with Crippen LogP contribution in [-0.4, -0.2) is 44.0 Å². The Bertz CT molecular complexity index is 1260. The van der Waals surface area contributed by atoms with Crippen molar-refractivity contribution >= 4 is 37.9 Å². The molecule has 0 aliphatic heterocycles. The van der Waals surface area contributed by atoms with Crippen LogP contribution in [0.2, 0.25) is 0 Å². The van der Waals surface area contributed by atoms with Crippen LogP contribution in [-0.2, 0) is 10.0 Å². The fourth-order valence-electron chi connectivity index (χ4n) is 2.74. The second-order valence-corrected chi connectivity index (χ2v) is 8.85. The van der Waals surface area contributed by atoms with Crippen LogP contribution in [0.1, 0.15) is 24.2 Å². The van der Waals surface area contributed by atoms with Crippen LogP contribution in [0.4, 0.5) is 0 Å². The summed E-state index contributed by atoms with van der Waals surface area (Å²) in [4.78, 5) is 24.1. The van der Waals surface area contributed by atoms with Gasteiger partial charge in [-0.3, -0.25) is 4.79 Å². The first kappa shape index (κ1) is 19.8. The molecule has 1 aromatic heterocycles. The van der Waals surface area contributed by atoms with Crippen LogP contribution in [0, 0.1) is 0 Å². The normalized spacial score (nSPS) is 12.2. The lowest BCUT2D eigenvalue weighted by atomic mass is 10.1. The maximum atomic E-state index is 13.0. The van der Waals surface area contributed by atoms with E-state index in [-0.39, 0.29) is 44.3 Å². The molecule has 9 heteroatoms. The fourth-order valence-corrected chi connectivity index (χ4v) is 3.68. The zero-order valence-electron chi connectivity index (χ0n) is 15.7. The highest BCUT2D eigenvalue weighted by atomic mass is 32.2. The number of carboxylic acid groups (broad SMARTS) is 1. The van der Waals surface area contributed by atoms with E-state index in [9.17, 15) is 18.0 Å². The molecule has 2 aromatic carbocycles. The Kier molecular flexibility index (Phi) is 4.90. The molecule has 3 aromatic rings. The second kappa shape index (κ2) is 6.92. The van der Waals surface area contributed by atoms with E-state index in [1.54, 1.807) is 13.8 Å². The molecule has 3 rings (SSSR count). The van der Waals surface area contributed by atoms with Crippen LogP contribution >= 0.6 is 0 Å². The van der Waals surface area contributed by atoms with Gasteiger partial charge in [-0.1, -0.05) is 0 Å². The number of carbonyl (C=O) groups is 1. The first-order valence-corrected chi connectivity index (χ1v) is 9.83. The molecule has 0 bridgehead atoms. The smallest absolute Gasteiger partial charge is 0.335 e. The summed E-state index contributed by atoms with van der Waals surface area (Å²) >= 11 is 0. The molecule has 0 saturated carbocycles. The van der Waals surface area contributed by atoms with Gasteiger partial charge in [0, 0.05) is 20.2 Å². The summed E-state index contributed by atoms with van der Waals surface area (Å²) < 4.78 is 37.7. The van der Waals surface area contributed by atoms with Crippen molar-refractivity contribution < 1.29 is 27.5 Å². The topological polar surface area (TPSA) is 114 Å². The molecule has 0 aliphatic rings. The molecule has 0 fully saturated rings. The van der Waals surface area contributed by atoms with Gasteiger partial charge in [0.15, 0.2) is 11.3 Å². The summed E-state index contributed by atoms with van der Waals surface area (Å²) in [7, 11) is -1.08. The van der Waals surface area contributed by atoms with Gasteiger partial charge in [-0.05, 0) is 38.1 Å². The molecular weight excluding hydrogens is 386 g/mol. The molecule has 0 aliphatic carbocycles. The van der Waals surface area contributed by atoms with Crippen molar-refractivity contribution in [2.75, 3.05) is 14.1 Å². The van der Waals surface area contributed by atoms with Gasteiger partial charge in [0.05, 0.1) is 27.3 Å². The van der Waals surface area contributed by atoms with Crippen molar-refractivity contribution in [2.45, 2.75) is 24.8 Å². The molecule has 0 saturated heterocycles. The Labute approximate surface area is 161 Å². The molecular formula is C19H19NO7S. The number of benzene rings is 2. The third-order valence-electron chi connectivity index (χ3n) is 4.10. The Morgan fingerprint density at radius 2 is 1.82 bits per heavy atom. The quantitative estimate of drug-likeness (QED) is 0.649. The number of carboxylic acids is 1.